The van der Waals surface area contributed by atoms with Crippen molar-refractivity contribution in [3.8, 4) is 0 Å². The van der Waals surface area contributed by atoms with Gasteiger partial charge in [0.1, 0.15) is 0 Å². The maximum atomic E-state index is 12.9. The molecule has 7 heteroatoms. The lowest BCUT2D eigenvalue weighted by atomic mass is 9.93. The second-order valence-electron chi connectivity index (χ2n) is 12.6. The third-order valence-corrected chi connectivity index (χ3v) is 8.77. The summed E-state index contributed by atoms with van der Waals surface area (Å²) in [5.74, 6) is -4.01. The Bertz CT molecular complexity index is 753. The molecule has 0 saturated carbocycles. The maximum absolute atomic E-state index is 12.9. The summed E-state index contributed by atoms with van der Waals surface area (Å²) in [6.07, 6.45) is 24.7. The van der Waals surface area contributed by atoms with Crippen molar-refractivity contribution in [2.75, 3.05) is 0 Å². The van der Waals surface area contributed by atoms with Crippen LogP contribution in [0.4, 0.5) is 0 Å². The summed E-state index contributed by atoms with van der Waals surface area (Å²) in [6.45, 7) is 4.46. The van der Waals surface area contributed by atoms with Gasteiger partial charge in [-0.3, -0.25) is 9.59 Å². The van der Waals surface area contributed by atoms with Crippen LogP contribution in [0.5, 0.6) is 0 Å². The summed E-state index contributed by atoms with van der Waals surface area (Å²) in [5, 5.41) is 10.8. The number of esters is 3. The van der Waals surface area contributed by atoms with Crippen molar-refractivity contribution in [2.45, 2.75) is 198 Å². The molecule has 0 aliphatic carbocycles. The van der Waals surface area contributed by atoms with Crippen molar-refractivity contribution in [2.24, 2.45) is 0 Å². The van der Waals surface area contributed by atoms with Gasteiger partial charge in [-0.2, -0.15) is 0 Å². The number of ether oxygens (including phenoxy) is 3. The van der Waals surface area contributed by atoms with Gasteiger partial charge in [-0.1, -0.05) is 142 Å². The average molecular weight is 581 g/mol. The maximum Gasteiger partial charge on any atom is 0.342 e. The molecule has 2 saturated heterocycles. The third-order valence-electron chi connectivity index (χ3n) is 8.77. The van der Waals surface area contributed by atoms with Gasteiger partial charge in [0.25, 0.3) is 5.79 Å². The van der Waals surface area contributed by atoms with Crippen LogP contribution in [-0.4, -0.2) is 40.5 Å². The molecular formula is C34H60O7. The normalized spacial score (nSPS) is 24.4. The molecule has 3 unspecified atom stereocenters. The molecule has 3 atom stereocenters. The van der Waals surface area contributed by atoms with Crippen molar-refractivity contribution in [1.29, 1.82) is 0 Å². The van der Waals surface area contributed by atoms with Gasteiger partial charge in [0, 0.05) is 6.42 Å². The zero-order valence-electron chi connectivity index (χ0n) is 26.4. The molecule has 0 aromatic heterocycles. The number of hydrogen-bond acceptors (Lipinski definition) is 7. The van der Waals surface area contributed by atoms with E-state index < -0.39 is 48.2 Å². The number of fused-ring (bicyclic) bond motifs is 3. The van der Waals surface area contributed by atoms with E-state index in [9.17, 15) is 19.5 Å². The van der Waals surface area contributed by atoms with Crippen LogP contribution in [0.25, 0.3) is 0 Å². The quantitative estimate of drug-likeness (QED) is 0.0901. The van der Waals surface area contributed by atoms with Crippen LogP contribution in [0.3, 0.4) is 0 Å². The van der Waals surface area contributed by atoms with Crippen molar-refractivity contribution < 1.29 is 33.7 Å². The summed E-state index contributed by atoms with van der Waals surface area (Å²) in [4.78, 5) is 38.3. The molecule has 7 nitrogen and oxygen atoms in total. The molecular weight excluding hydrogens is 520 g/mol. The molecule has 0 radical (unpaired) electrons. The van der Waals surface area contributed by atoms with Crippen LogP contribution in [0.15, 0.2) is 0 Å². The second kappa shape index (κ2) is 20.3. The average Bonchev–Trinajstić information content (AvgIpc) is 2.99. The Kier molecular flexibility index (Phi) is 17.6. The van der Waals surface area contributed by atoms with E-state index in [1.165, 1.54) is 96.3 Å². The number of unbranched alkanes of at least 4 members (excludes halogenated alkanes) is 20. The molecule has 2 bridgehead atoms. The minimum absolute atomic E-state index is 0.271. The minimum atomic E-state index is -2.23. The van der Waals surface area contributed by atoms with E-state index >= 15 is 0 Å². The summed E-state index contributed by atoms with van der Waals surface area (Å²) in [7, 11) is 0. The smallest absolute Gasteiger partial charge is 0.342 e. The summed E-state index contributed by atoms with van der Waals surface area (Å²) < 4.78 is 17.3. The van der Waals surface area contributed by atoms with E-state index in [2.05, 4.69) is 13.8 Å². The standard InChI is InChI=1S/C34H60O7/c1-3-5-7-9-11-13-14-15-16-17-18-20-22-24-26-34-29(25-23-21-19-12-10-8-6-4-2)39-30(35)27-33(38,32(37)41-34)28-31(36)40-34/h29,38H,3-28H2,1-2H3. The van der Waals surface area contributed by atoms with Crippen LogP contribution in [0.2, 0.25) is 0 Å². The van der Waals surface area contributed by atoms with Crippen LogP contribution in [-0.2, 0) is 28.6 Å². The largest absolute Gasteiger partial charge is 0.454 e. The zero-order valence-corrected chi connectivity index (χ0v) is 26.4. The van der Waals surface area contributed by atoms with Gasteiger partial charge in [0.2, 0.25) is 0 Å². The fraction of sp³-hybridized carbons (Fsp3) is 0.912. The first-order chi connectivity index (χ1) is 19.8. The molecule has 2 aliphatic heterocycles. The highest BCUT2D eigenvalue weighted by molar-refractivity contribution is 5.92. The molecule has 0 amide bonds. The molecule has 1 N–H and O–H groups in total. The molecule has 2 heterocycles. The number of cyclic esters (lactones) is 1. The molecule has 0 aromatic carbocycles. The molecule has 2 aliphatic rings. The van der Waals surface area contributed by atoms with Crippen LogP contribution < -0.4 is 0 Å². The Hall–Kier alpha value is -1.63. The Morgan fingerprint density at radius 3 is 1.49 bits per heavy atom. The van der Waals surface area contributed by atoms with Gasteiger partial charge in [0.15, 0.2) is 11.7 Å². The predicted molar refractivity (Wildman–Crippen MR) is 161 cm³/mol. The first-order valence-corrected chi connectivity index (χ1v) is 17.2. The van der Waals surface area contributed by atoms with E-state index in [1.54, 1.807) is 0 Å². The summed E-state index contributed by atoms with van der Waals surface area (Å²) >= 11 is 0. The van der Waals surface area contributed by atoms with E-state index in [1.807, 2.05) is 0 Å². The van der Waals surface area contributed by atoms with Crippen LogP contribution >= 0.6 is 0 Å². The molecule has 0 aromatic rings. The lowest BCUT2D eigenvalue weighted by molar-refractivity contribution is -0.273. The van der Waals surface area contributed by atoms with E-state index in [-0.39, 0.29) is 6.42 Å². The summed E-state index contributed by atoms with van der Waals surface area (Å²) in [6, 6.07) is 0. The number of hydrogen-bond donors (Lipinski definition) is 1. The predicted octanol–water partition coefficient (Wildman–Crippen LogP) is 8.62. The lowest BCUT2D eigenvalue weighted by Gasteiger charge is -2.39. The van der Waals surface area contributed by atoms with Gasteiger partial charge in [-0.15, -0.1) is 0 Å². The third kappa shape index (κ3) is 13.5. The fourth-order valence-corrected chi connectivity index (χ4v) is 6.18. The van der Waals surface area contributed by atoms with Crippen molar-refractivity contribution in [3.63, 3.8) is 0 Å². The highest BCUT2D eigenvalue weighted by atomic mass is 16.8. The molecule has 2 rings (SSSR count). The zero-order chi connectivity index (χ0) is 29.8. The van der Waals surface area contributed by atoms with E-state index in [0.29, 0.717) is 12.8 Å². The topological polar surface area (TPSA) is 99.1 Å². The van der Waals surface area contributed by atoms with E-state index in [4.69, 9.17) is 14.2 Å². The molecule has 0 spiro atoms. The summed E-state index contributed by atoms with van der Waals surface area (Å²) in [5.41, 5.74) is -2.23. The van der Waals surface area contributed by atoms with Crippen molar-refractivity contribution >= 4 is 17.9 Å². The highest BCUT2D eigenvalue weighted by Crippen LogP contribution is 2.39. The number of aliphatic hydroxyl groups is 1. The monoisotopic (exact) mass is 580 g/mol. The van der Waals surface area contributed by atoms with Gasteiger partial charge in [-0.05, 0) is 19.3 Å². The van der Waals surface area contributed by atoms with Gasteiger partial charge in [-0.25, -0.2) is 4.79 Å². The van der Waals surface area contributed by atoms with Gasteiger partial charge >= 0.3 is 17.9 Å². The second-order valence-corrected chi connectivity index (χ2v) is 12.6. The van der Waals surface area contributed by atoms with Crippen molar-refractivity contribution in [3.05, 3.63) is 0 Å². The number of carbonyl (C=O) groups excluding carboxylic acids is 3. The van der Waals surface area contributed by atoms with E-state index in [0.717, 1.165) is 38.5 Å². The van der Waals surface area contributed by atoms with Crippen molar-refractivity contribution in [1.82, 2.24) is 0 Å². The SMILES string of the molecule is CCCCCCCCCCCCCCCCC12OC(=O)CC(O)(CC(=O)OC1CCCCCCCCCC)C(=O)O2. The van der Waals surface area contributed by atoms with Crippen LogP contribution in [0.1, 0.15) is 181 Å². The molecule has 2 fully saturated rings. The minimum Gasteiger partial charge on any atom is -0.454 e. The van der Waals surface area contributed by atoms with Gasteiger partial charge < -0.3 is 19.3 Å². The lowest BCUT2D eigenvalue weighted by Crippen LogP contribution is -2.55. The fourth-order valence-electron chi connectivity index (χ4n) is 6.18. The highest BCUT2D eigenvalue weighted by Gasteiger charge is 2.58. The first kappa shape index (κ1) is 35.6. The van der Waals surface area contributed by atoms with Crippen LogP contribution in [0, 0.1) is 0 Å². The molecule has 41 heavy (non-hydrogen) atoms. The number of carbonyl (C=O) groups is 3. The Labute approximate surface area is 249 Å². The van der Waals surface area contributed by atoms with Gasteiger partial charge in [0.05, 0.1) is 12.8 Å². The molecule has 238 valence electrons. The Morgan fingerprint density at radius 2 is 1.00 bits per heavy atom. The Balaban J connectivity index is 1.81. The Morgan fingerprint density at radius 1 is 0.585 bits per heavy atom. The number of rotatable bonds is 24. The first-order valence-electron chi connectivity index (χ1n) is 17.2.